The van der Waals surface area contributed by atoms with Crippen LogP contribution in [-0.4, -0.2) is 19.6 Å². The summed E-state index contributed by atoms with van der Waals surface area (Å²) < 4.78 is 0. The van der Waals surface area contributed by atoms with Crippen LogP contribution < -0.4 is 10.6 Å². The minimum absolute atomic E-state index is 0.647. The van der Waals surface area contributed by atoms with Crippen molar-refractivity contribution in [2.75, 3.05) is 25.0 Å². The molecule has 2 N–H and O–H groups in total. The van der Waals surface area contributed by atoms with Crippen LogP contribution in [0, 0.1) is 5.92 Å². The number of para-hydroxylation sites is 1. The molecule has 2 aliphatic rings. The average molecular weight is 223 g/mol. The van der Waals surface area contributed by atoms with Crippen LogP contribution in [-0.2, 0) is 0 Å². The number of nitrogens with one attached hydrogen (secondary N) is 2. The zero-order valence-corrected chi connectivity index (χ0v) is 9.35. The van der Waals surface area contributed by atoms with Gasteiger partial charge in [-0.3, -0.25) is 0 Å². The fraction of sp³-hybridized carbons (Fsp3) is 0.500. The highest BCUT2D eigenvalue weighted by Crippen LogP contribution is 2.40. The molecule has 2 nitrogen and oxygen atoms in total. The summed E-state index contributed by atoms with van der Waals surface area (Å²) in [6, 6.07) is 6.24. The molecule has 0 unspecified atom stereocenters. The molecule has 1 fully saturated rings. The molecular formula is C12H15ClN2. The first-order valence-corrected chi connectivity index (χ1v) is 5.97. The zero-order valence-electron chi connectivity index (χ0n) is 8.59. The number of fused-ring (bicyclic) bond motifs is 3. The standard InChI is InChI=1S/C12H15ClN2/c13-11-3-1-2-9-10-7-14-6-8(10)4-5-15-12(9)11/h1-3,8,10,14-15H,4-7H2/t8-,10-/m0/s1. The van der Waals surface area contributed by atoms with Crippen LogP contribution >= 0.6 is 11.6 Å². The molecule has 0 aromatic heterocycles. The Hall–Kier alpha value is -0.730. The molecule has 0 radical (unpaired) electrons. The van der Waals surface area contributed by atoms with E-state index >= 15 is 0 Å². The Morgan fingerprint density at radius 2 is 2.20 bits per heavy atom. The van der Waals surface area contributed by atoms with E-state index in [9.17, 15) is 0 Å². The van der Waals surface area contributed by atoms with E-state index in [1.54, 1.807) is 0 Å². The van der Waals surface area contributed by atoms with Crippen molar-refractivity contribution in [2.24, 2.45) is 5.92 Å². The summed E-state index contributed by atoms with van der Waals surface area (Å²) in [4.78, 5) is 0. The minimum atomic E-state index is 0.647. The van der Waals surface area contributed by atoms with Gasteiger partial charge in [0.2, 0.25) is 0 Å². The SMILES string of the molecule is Clc1cccc2c1NCC[C@H]1CNC[C@H]21. The Labute approximate surface area is 95.0 Å². The Morgan fingerprint density at radius 1 is 1.27 bits per heavy atom. The van der Waals surface area contributed by atoms with Gasteiger partial charge >= 0.3 is 0 Å². The lowest BCUT2D eigenvalue weighted by Gasteiger charge is -2.17. The second kappa shape index (κ2) is 3.69. The molecule has 0 saturated carbocycles. The largest absolute Gasteiger partial charge is 0.384 e. The molecule has 0 aliphatic carbocycles. The number of halogens is 1. The Bertz CT molecular complexity index is 378. The molecule has 3 heteroatoms. The lowest BCUT2D eigenvalue weighted by atomic mass is 9.87. The summed E-state index contributed by atoms with van der Waals surface area (Å²) in [7, 11) is 0. The maximum atomic E-state index is 6.22. The van der Waals surface area contributed by atoms with Gasteiger partial charge in [0.25, 0.3) is 0 Å². The monoisotopic (exact) mass is 222 g/mol. The Balaban J connectivity index is 2.09. The van der Waals surface area contributed by atoms with Crippen molar-refractivity contribution < 1.29 is 0 Å². The van der Waals surface area contributed by atoms with Crippen molar-refractivity contribution in [2.45, 2.75) is 12.3 Å². The van der Waals surface area contributed by atoms with Gasteiger partial charge in [0, 0.05) is 19.0 Å². The van der Waals surface area contributed by atoms with Crippen LogP contribution in [0.25, 0.3) is 0 Å². The highest BCUT2D eigenvalue weighted by Gasteiger charge is 2.32. The number of anilines is 1. The number of hydrogen-bond donors (Lipinski definition) is 2. The van der Waals surface area contributed by atoms with Crippen LogP contribution in [0.3, 0.4) is 0 Å². The van der Waals surface area contributed by atoms with E-state index in [4.69, 9.17) is 11.6 Å². The third kappa shape index (κ3) is 1.52. The average Bonchev–Trinajstić information content (AvgIpc) is 2.62. The molecule has 15 heavy (non-hydrogen) atoms. The summed E-state index contributed by atoms with van der Waals surface area (Å²) in [6.07, 6.45) is 1.24. The van der Waals surface area contributed by atoms with Gasteiger partial charge in [-0.2, -0.15) is 0 Å². The normalized spacial score (nSPS) is 28.9. The molecule has 2 atom stereocenters. The van der Waals surface area contributed by atoms with E-state index in [0.717, 1.165) is 36.3 Å². The summed E-state index contributed by atoms with van der Waals surface area (Å²) in [6.45, 7) is 3.29. The highest BCUT2D eigenvalue weighted by molar-refractivity contribution is 6.33. The van der Waals surface area contributed by atoms with Gasteiger partial charge in [-0.15, -0.1) is 0 Å². The van der Waals surface area contributed by atoms with Crippen molar-refractivity contribution >= 4 is 17.3 Å². The molecule has 2 heterocycles. The fourth-order valence-corrected chi connectivity index (χ4v) is 3.07. The van der Waals surface area contributed by atoms with Gasteiger partial charge in [0.15, 0.2) is 0 Å². The zero-order chi connectivity index (χ0) is 10.3. The molecule has 0 spiro atoms. The quantitative estimate of drug-likeness (QED) is 0.705. The molecule has 1 aromatic rings. The lowest BCUT2D eigenvalue weighted by Crippen LogP contribution is -2.12. The van der Waals surface area contributed by atoms with Crippen molar-refractivity contribution in [1.29, 1.82) is 0 Å². The van der Waals surface area contributed by atoms with Crippen molar-refractivity contribution in [3.05, 3.63) is 28.8 Å². The van der Waals surface area contributed by atoms with E-state index in [0.29, 0.717) is 5.92 Å². The van der Waals surface area contributed by atoms with Gasteiger partial charge < -0.3 is 10.6 Å². The topological polar surface area (TPSA) is 24.1 Å². The van der Waals surface area contributed by atoms with Gasteiger partial charge in [0.1, 0.15) is 0 Å². The van der Waals surface area contributed by atoms with E-state index in [1.165, 1.54) is 12.0 Å². The molecule has 0 bridgehead atoms. The first-order valence-electron chi connectivity index (χ1n) is 5.59. The second-order valence-corrected chi connectivity index (χ2v) is 4.85. The van der Waals surface area contributed by atoms with Crippen LogP contribution in [0.5, 0.6) is 0 Å². The fourth-order valence-electron chi connectivity index (χ4n) is 2.82. The van der Waals surface area contributed by atoms with Crippen molar-refractivity contribution in [3.8, 4) is 0 Å². The molecule has 0 amide bonds. The number of benzene rings is 1. The molecule has 1 aromatic carbocycles. The first kappa shape index (κ1) is 9.49. The van der Waals surface area contributed by atoms with Crippen LogP contribution in [0.2, 0.25) is 5.02 Å². The van der Waals surface area contributed by atoms with Gasteiger partial charge in [-0.05, 0) is 30.5 Å². The maximum absolute atomic E-state index is 6.22. The van der Waals surface area contributed by atoms with Gasteiger partial charge in [-0.25, -0.2) is 0 Å². The predicted octanol–water partition coefficient (Wildman–Crippen LogP) is 2.46. The molecular weight excluding hydrogens is 208 g/mol. The third-order valence-electron chi connectivity index (χ3n) is 3.60. The van der Waals surface area contributed by atoms with E-state index in [1.807, 2.05) is 6.07 Å². The van der Waals surface area contributed by atoms with Gasteiger partial charge in [-0.1, -0.05) is 23.7 Å². The number of hydrogen-bond acceptors (Lipinski definition) is 2. The Morgan fingerprint density at radius 3 is 3.13 bits per heavy atom. The third-order valence-corrected chi connectivity index (χ3v) is 3.92. The van der Waals surface area contributed by atoms with Crippen LogP contribution in [0.4, 0.5) is 5.69 Å². The van der Waals surface area contributed by atoms with Crippen molar-refractivity contribution in [3.63, 3.8) is 0 Å². The second-order valence-electron chi connectivity index (χ2n) is 4.44. The molecule has 3 rings (SSSR count). The van der Waals surface area contributed by atoms with E-state index in [2.05, 4.69) is 22.8 Å². The Kier molecular flexibility index (Phi) is 2.33. The van der Waals surface area contributed by atoms with Gasteiger partial charge in [0.05, 0.1) is 10.7 Å². The smallest absolute Gasteiger partial charge is 0.0640 e. The predicted molar refractivity (Wildman–Crippen MR) is 63.7 cm³/mol. The summed E-state index contributed by atoms with van der Waals surface area (Å²) in [5, 5.41) is 7.80. The minimum Gasteiger partial charge on any atom is -0.384 e. The summed E-state index contributed by atoms with van der Waals surface area (Å²) in [5.74, 6) is 1.42. The molecule has 1 saturated heterocycles. The summed E-state index contributed by atoms with van der Waals surface area (Å²) >= 11 is 6.22. The summed E-state index contributed by atoms with van der Waals surface area (Å²) in [5.41, 5.74) is 2.56. The van der Waals surface area contributed by atoms with Crippen LogP contribution in [0.15, 0.2) is 18.2 Å². The molecule has 80 valence electrons. The van der Waals surface area contributed by atoms with E-state index in [-0.39, 0.29) is 0 Å². The van der Waals surface area contributed by atoms with Crippen molar-refractivity contribution in [1.82, 2.24) is 5.32 Å². The highest BCUT2D eigenvalue weighted by atomic mass is 35.5. The number of rotatable bonds is 0. The van der Waals surface area contributed by atoms with E-state index < -0.39 is 0 Å². The maximum Gasteiger partial charge on any atom is 0.0640 e. The van der Waals surface area contributed by atoms with Crippen LogP contribution in [0.1, 0.15) is 17.9 Å². The molecule has 2 aliphatic heterocycles. The lowest BCUT2D eigenvalue weighted by molar-refractivity contribution is 0.503. The first-order chi connectivity index (χ1) is 7.36.